The lowest BCUT2D eigenvalue weighted by Gasteiger charge is -2.09. The van der Waals surface area contributed by atoms with Crippen LogP contribution in [0.4, 0.5) is 5.82 Å². The van der Waals surface area contributed by atoms with Crippen LogP contribution in [-0.4, -0.2) is 9.97 Å². The van der Waals surface area contributed by atoms with Crippen LogP contribution in [0.1, 0.15) is 28.4 Å². The molecule has 0 unspecified atom stereocenters. The van der Waals surface area contributed by atoms with E-state index >= 15 is 0 Å². The zero-order valence-electron chi connectivity index (χ0n) is 10.2. The van der Waals surface area contributed by atoms with Gasteiger partial charge in [0.05, 0.1) is 5.56 Å². The lowest BCUT2D eigenvalue weighted by atomic mass is 10.1. The normalized spacial score (nSPS) is 14.7. The molecule has 1 aliphatic carbocycles. The summed E-state index contributed by atoms with van der Waals surface area (Å²) in [6, 6.07) is 8.34. The first-order valence-corrected chi connectivity index (χ1v) is 6.08. The predicted octanol–water partition coefficient (Wildman–Crippen LogP) is 1.54. The molecule has 0 atom stereocenters. The molecule has 0 bridgehead atoms. The first kappa shape index (κ1) is 11.0. The number of nitrogens with one attached hydrogen (secondary N) is 1. The van der Waals surface area contributed by atoms with Gasteiger partial charge in [0, 0.05) is 5.92 Å². The maximum atomic E-state index is 11.7. The summed E-state index contributed by atoms with van der Waals surface area (Å²) in [5, 5.41) is 0. The standard InChI is InChI=1S/C14H15N3O/c1-8-12(15)16-13(17-14(8)18)11-6-9-4-2-3-5-10(9)7-11/h2-5,11H,6-7H2,1H3,(H3,15,16,17,18). The van der Waals surface area contributed by atoms with Crippen molar-refractivity contribution in [3.63, 3.8) is 0 Å². The molecule has 0 saturated carbocycles. The molecule has 3 N–H and O–H groups in total. The first-order chi connectivity index (χ1) is 8.65. The Morgan fingerprint density at radius 1 is 1.28 bits per heavy atom. The second kappa shape index (κ2) is 3.98. The Morgan fingerprint density at radius 3 is 2.44 bits per heavy atom. The minimum atomic E-state index is -0.131. The third-order valence-electron chi connectivity index (χ3n) is 3.65. The van der Waals surface area contributed by atoms with Crippen LogP contribution >= 0.6 is 0 Å². The minimum absolute atomic E-state index is 0.131. The zero-order chi connectivity index (χ0) is 12.7. The second-order valence-electron chi connectivity index (χ2n) is 4.84. The van der Waals surface area contributed by atoms with Crippen LogP contribution in [0.2, 0.25) is 0 Å². The second-order valence-corrected chi connectivity index (χ2v) is 4.84. The minimum Gasteiger partial charge on any atom is -0.383 e. The molecule has 3 rings (SSSR count). The Bertz CT molecular complexity index is 635. The van der Waals surface area contributed by atoms with E-state index in [1.54, 1.807) is 6.92 Å². The highest BCUT2D eigenvalue weighted by atomic mass is 16.1. The molecule has 0 fully saturated rings. The highest BCUT2D eigenvalue weighted by molar-refractivity contribution is 5.39. The average molecular weight is 241 g/mol. The highest BCUT2D eigenvalue weighted by Crippen LogP contribution is 2.31. The van der Waals surface area contributed by atoms with Gasteiger partial charge in [-0.3, -0.25) is 4.79 Å². The molecule has 92 valence electrons. The van der Waals surface area contributed by atoms with Crippen molar-refractivity contribution in [2.45, 2.75) is 25.7 Å². The van der Waals surface area contributed by atoms with Crippen molar-refractivity contribution in [1.82, 2.24) is 9.97 Å². The number of nitrogens with zero attached hydrogens (tertiary/aromatic N) is 1. The number of H-pyrrole nitrogens is 1. The summed E-state index contributed by atoms with van der Waals surface area (Å²) in [4.78, 5) is 18.9. The molecule has 0 radical (unpaired) electrons. The van der Waals surface area contributed by atoms with Crippen LogP contribution in [0.15, 0.2) is 29.1 Å². The Morgan fingerprint density at radius 2 is 1.89 bits per heavy atom. The molecular formula is C14H15N3O. The van der Waals surface area contributed by atoms with E-state index in [0.29, 0.717) is 17.2 Å². The summed E-state index contributed by atoms with van der Waals surface area (Å²) in [6.07, 6.45) is 1.84. The summed E-state index contributed by atoms with van der Waals surface area (Å²) in [5.74, 6) is 1.28. The molecule has 18 heavy (non-hydrogen) atoms. The molecule has 4 nitrogen and oxygen atoms in total. The predicted molar refractivity (Wildman–Crippen MR) is 70.6 cm³/mol. The van der Waals surface area contributed by atoms with Crippen LogP contribution in [0.5, 0.6) is 0 Å². The highest BCUT2D eigenvalue weighted by Gasteiger charge is 2.24. The molecule has 4 heteroatoms. The number of anilines is 1. The van der Waals surface area contributed by atoms with Gasteiger partial charge in [0.2, 0.25) is 0 Å². The summed E-state index contributed by atoms with van der Waals surface area (Å²) in [5.41, 5.74) is 8.80. The van der Waals surface area contributed by atoms with Crippen molar-refractivity contribution in [2.24, 2.45) is 0 Å². The quantitative estimate of drug-likeness (QED) is 0.795. The summed E-state index contributed by atoms with van der Waals surface area (Å²) < 4.78 is 0. The molecule has 1 heterocycles. The van der Waals surface area contributed by atoms with Gasteiger partial charge in [0.15, 0.2) is 0 Å². The number of hydrogen-bond donors (Lipinski definition) is 2. The van der Waals surface area contributed by atoms with E-state index in [0.717, 1.165) is 12.8 Å². The van der Waals surface area contributed by atoms with Gasteiger partial charge in [-0.1, -0.05) is 24.3 Å². The van der Waals surface area contributed by atoms with Gasteiger partial charge in [0.25, 0.3) is 5.56 Å². The third-order valence-corrected chi connectivity index (χ3v) is 3.65. The number of hydrogen-bond acceptors (Lipinski definition) is 3. The average Bonchev–Trinajstić information content (AvgIpc) is 2.79. The van der Waals surface area contributed by atoms with Gasteiger partial charge in [-0.25, -0.2) is 4.98 Å². The van der Waals surface area contributed by atoms with Crippen molar-refractivity contribution < 1.29 is 0 Å². The number of benzene rings is 1. The maximum Gasteiger partial charge on any atom is 0.255 e. The van der Waals surface area contributed by atoms with Crippen LogP contribution in [0, 0.1) is 6.92 Å². The fraction of sp³-hybridized carbons (Fsp3) is 0.286. The van der Waals surface area contributed by atoms with E-state index in [1.165, 1.54) is 11.1 Å². The Kier molecular flexibility index (Phi) is 2.44. The maximum absolute atomic E-state index is 11.7. The van der Waals surface area contributed by atoms with Crippen molar-refractivity contribution in [1.29, 1.82) is 0 Å². The molecule has 2 aromatic rings. The van der Waals surface area contributed by atoms with Gasteiger partial charge in [-0.05, 0) is 30.9 Å². The number of nitrogen functional groups attached to an aromatic ring is 1. The smallest absolute Gasteiger partial charge is 0.255 e. The Balaban J connectivity index is 1.98. The SMILES string of the molecule is Cc1c(N)nc(C2Cc3ccccc3C2)[nH]c1=O. The zero-order valence-corrected chi connectivity index (χ0v) is 10.2. The molecule has 0 aliphatic heterocycles. The Labute approximate surface area is 105 Å². The Hall–Kier alpha value is -2.10. The van der Waals surface area contributed by atoms with E-state index in [-0.39, 0.29) is 11.5 Å². The van der Waals surface area contributed by atoms with Crippen molar-refractivity contribution in [3.05, 3.63) is 57.1 Å². The first-order valence-electron chi connectivity index (χ1n) is 6.08. The lowest BCUT2D eigenvalue weighted by Crippen LogP contribution is -2.19. The van der Waals surface area contributed by atoms with E-state index in [2.05, 4.69) is 22.1 Å². The molecular weight excluding hydrogens is 226 g/mol. The van der Waals surface area contributed by atoms with Crippen molar-refractivity contribution >= 4 is 5.82 Å². The number of nitrogens with two attached hydrogens (primary N) is 1. The van der Waals surface area contributed by atoms with Crippen LogP contribution in [0.3, 0.4) is 0 Å². The largest absolute Gasteiger partial charge is 0.383 e. The van der Waals surface area contributed by atoms with E-state index in [9.17, 15) is 4.79 Å². The van der Waals surface area contributed by atoms with Crippen LogP contribution in [-0.2, 0) is 12.8 Å². The number of fused-ring (bicyclic) bond motifs is 1. The fourth-order valence-corrected chi connectivity index (χ4v) is 2.51. The molecule has 0 saturated heterocycles. The molecule has 0 spiro atoms. The summed E-state index contributed by atoms with van der Waals surface area (Å²) >= 11 is 0. The molecule has 1 aromatic heterocycles. The van der Waals surface area contributed by atoms with Crippen LogP contribution in [0.25, 0.3) is 0 Å². The van der Waals surface area contributed by atoms with Crippen molar-refractivity contribution in [2.75, 3.05) is 5.73 Å². The van der Waals surface area contributed by atoms with Gasteiger partial charge in [-0.15, -0.1) is 0 Å². The molecule has 0 amide bonds. The van der Waals surface area contributed by atoms with Gasteiger partial charge < -0.3 is 10.7 Å². The third kappa shape index (κ3) is 1.70. The van der Waals surface area contributed by atoms with Gasteiger partial charge >= 0.3 is 0 Å². The van der Waals surface area contributed by atoms with Gasteiger partial charge in [0.1, 0.15) is 11.6 Å². The van der Waals surface area contributed by atoms with Crippen molar-refractivity contribution in [3.8, 4) is 0 Å². The molecule has 1 aliphatic rings. The van der Waals surface area contributed by atoms with E-state index in [4.69, 9.17) is 5.73 Å². The van der Waals surface area contributed by atoms with E-state index in [1.807, 2.05) is 12.1 Å². The van der Waals surface area contributed by atoms with Crippen LogP contribution < -0.4 is 11.3 Å². The van der Waals surface area contributed by atoms with E-state index < -0.39 is 0 Å². The monoisotopic (exact) mass is 241 g/mol. The summed E-state index contributed by atoms with van der Waals surface area (Å²) in [6.45, 7) is 1.69. The molecule has 1 aromatic carbocycles. The number of rotatable bonds is 1. The fourth-order valence-electron chi connectivity index (χ4n) is 2.51. The summed E-state index contributed by atoms with van der Waals surface area (Å²) in [7, 11) is 0. The van der Waals surface area contributed by atoms with Gasteiger partial charge in [-0.2, -0.15) is 0 Å². The number of aromatic nitrogens is 2. The number of aromatic amines is 1. The lowest BCUT2D eigenvalue weighted by molar-refractivity contribution is 0.678. The topological polar surface area (TPSA) is 71.8 Å².